The quantitative estimate of drug-likeness (QED) is 0.536. The van der Waals surface area contributed by atoms with Crippen molar-refractivity contribution in [3.8, 4) is 5.06 Å². The highest BCUT2D eigenvalue weighted by atomic mass is 32.1. The summed E-state index contributed by atoms with van der Waals surface area (Å²) in [7, 11) is 0. The molecule has 0 spiro atoms. The first-order valence-electron chi connectivity index (χ1n) is 8.05. The average Bonchev–Trinajstić information content (AvgIpc) is 3.29. The predicted octanol–water partition coefficient (Wildman–Crippen LogP) is 5.02. The molecule has 0 saturated heterocycles. The molecule has 0 bridgehead atoms. The molecule has 0 aliphatic rings. The molecule has 26 heavy (non-hydrogen) atoms. The van der Waals surface area contributed by atoms with Crippen LogP contribution in [0.3, 0.4) is 0 Å². The molecule has 5 heteroatoms. The molecule has 2 heterocycles. The summed E-state index contributed by atoms with van der Waals surface area (Å²) in [5, 5.41) is 13.7. The molecule has 0 aliphatic heterocycles. The maximum absolute atomic E-state index is 12.7. The van der Waals surface area contributed by atoms with Gasteiger partial charge in [0.05, 0.1) is 6.26 Å². The second-order valence-corrected chi connectivity index (χ2v) is 6.68. The van der Waals surface area contributed by atoms with Crippen molar-refractivity contribution in [1.82, 2.24) is 5.32 Å². The van der Waals surface area contributed by atoms with Crippen molar-refractivity contribution in [3.63, 3.8) is 0 Å². The van der Waals surface area contributed by atoms with E-state index < -0.39 is 0 Å². The van der Waals surface area contributed by atoms with E-state index in [4.69, 9.17) is 4.42 Å². The molecule has 4 nitrogen and oxygen atoms in total. The van der Waals surface area contributed by atoms with Crippen molar-refractivity contribution in [2.24, 2.45) is 0 Å². The lowest BCUT2D eigenvalue weighted by atomic mass is 10.0. The number of amides is 1. The van der Waals surface area contributed by atoms with Crippen LogP contribution in [0.15, 0.2) is 83.6 Å². The van der Waals surface area contributed by atoms with Crippen LogP contribution in [-0.4, -0.2) is 11.0 Å². The largest absolute Gasteiger partial charge is 0.499 e. The van der Waals surface area contributed by atoms with E-state index >= 15 is 0 Å². The van der Waals surface area contributed by atoms with E-state index in [1.165, 1.54) is 11.3 Å². The molecule has 0 atom stereocenters. The van der Waals surface area contributed by atoms with E-state index in [0.717, 1.165) is 21.2 Å². The Labute approximate surface area is 154 Å². The van der Waals surface area contributed by atoms with E-state index in [2.05, 4.69) is 5.32 Å². The molecule has 0 aliphatic carbocycles. The Hall–Kier alpha value is -3.31. The Morgan fingerprint density at radius 2 is 1.77 bits per heavy atom. The predicted molar refractivity (Wildman–Crippen MR) is 103 cm³/mol. The van der Waals surface area contributed by atoms with Gasteiger partial charge in [0.1, 0.15) is 11.3 Å². The molecular formula is C21H15NO3S. The number of carbonyl (C=O) groups is 1. The van der Waals surface area contributed by atoms with Gasteiger partial charge in [-0.05, 0) is 23.8 Å². The summed E-state index contributed by atoms with van der Waals surface area (Å²) in [6.45, 7) is 0. The number of hydrogen-bond donors (Lipinski definition) is 2. The van der Waals surface area contributed by atoms with Crippen molar-refractivity contribution in [3.05, 3.63) is 96.1 Å². The van der Waals surface area contributed by atoms with Crippen LogP contribution in [0.1, 0.15) is 21.7 Å². The zero-order valence-electron chi connectivity index (χ0n) is 13.7. The second-order valence-electron chi connectivity index (χ2n) is 5.65. The molecule has 2 N–H and O–H groups in total. The number of carbonyl (C=O) groups excluding carboxylic acids is 1. The third-order valence-corrected chi connectivity index (χ3v) is 5.00. The molecule has 0 unspecified atom stereocenters. The van der Waals surface area contributed by atoms with Crippen molar-refractivity contribution in [2.75, 3.05) is 0 Å². The summed E-state index contributed by atoms with van der Waals surface area (Å²) in [5.41, 5.74) is 1.96. The molecule has 0 saturated carbocycles. The van der Waals surface area contributed by atoms with Gasteiger partial charge >= 0.3 is 0 Å². The second kappa shape index (κ2) is 6.90. The molecule has 4 rings (SSSR count). The minimum Gasteiger partial charge on any atom is -0.499 e. The SMILES string of the molecule is O=C(N/C=C(\c1ccccc1)c1ccco1)c1c(O)sc2ccccc12. The van der Waals surface area contributed by atoms with Gasteiger partial charge in [-0.25, -0.2) is 0 Å². The molecule has 128 valence electrons. The maximum atomic E-state index is 12.7. The number of aromatic hydroxyl groups is 1. The van der Waals surface area contributed by atoms with Crippen LogP contribution < -0.4 is 5.32 Å². The maximum Gasteiger partial charge on any atom is 0.260 e. The van der Waals surface area contributed by atoms with Crippen LogP contribution in [-0.2, 0) is 0 Å². The third-order valence-electron chi connectivity index (χ3n) is 4.02. The van der Waals surface area contributed by atoms with Gasteiger partial charge < -0.3 is 14.8 Å². The van der Waals surface area contributed by atoms with Crippen molar-refractivity contribution in [2.45, 2.75) is 0 Å². The summed E-state index contributed by atoms with van der Waals surface area (Å²) < 4.78 is 6.37. The lowest BCUT2D eigenvalue weighted by molar-refractivity contribution is 0.0970. The van der Waals surface area contributed by atoms with E-state index in [-0.39, 0.29) is 16.5 Å². The fourth-order valence-electron chi connectivity index (χ4n) is 2.81. The van der Waals surface area contributed by atoms with Crippen LogP contribution in [0.5, 0.6) is 5.06 Å². The highest BCUT2D eigenvalue weighted by Gasteiger charge is 2.18. The third kappa shape index (κ3) is 3.00. The smallest absolute Gasteiger partial charge is 0.260 e. The number of rotatable bonds is 4. The van der Waals surface area contributed by atoms with Gasteiger partial charge in [0.2, 0.25) is 0 Å². The summed E-state index contributed by atoms with van der Waals surface area (Å²) >= 11 is 1.19. The van der Waals surface area contributed by atoms with Crippen molar-refractivity contribution < 1.29 is 14.3 Å². The van der Waals surface area contributed by atoms with Gasteiger partial charge in [-0.2, -0.15) is 0 Å². The first-order valence-corrected chi connectivity index (χ1v) is 8.86. The molecular weight excluding hydrogens is 346 g/mol. The first kappa shape index (κ1) is 16.2. The van der Waals surface area contributed by atoms with Crippen LogP contribution in [0, 0.1) is 0 Å². The molecule has 2 aromatic carbocycles. The van der Waals surface area contributed by atoms with E-state index in [0.29, 0.717) is 5.76 Å². The van der Waals surface area contributed by atoms with Crippen molar-refractivity contribution >= 4 is 32.9 Å². The number of furan rings is 1. The standard InChI is InChI=1S/C21H15NO3S/c23-20(19-15-9-4-5-11-18(15)26-21(19)24)22-13-16(17-10-6-12-25-17)14-7-2-1-3-8-14/h1-13,24H,(H,22,23)/b16-13+. The van der Waals surface area contributed by atoms with Gasteiger partial charge in [0.15, 0.2) is 5.06 Å². The van der Waals surface area contributed by atoms with E-state index in [9.17, 15) is 9.90 Å². The lowest BCUT2D eigenvalue weighted by Crippen LogP contribution is -2.17. The van der Waals surface area contributed by atoms with Crippen LogP contribution in [0.25, 0.3) is 15.7 Å². The van der Waals surface area contributed by atoms with E-state index in [1.807, 2.05) is 60.7 Å². The van der Waals surface area contributed by atoms with E-state index in [1.54, 1.807) is 18.5 Å². The summed E-state index contributed by atoms with van der Waals surface area (Å²) in [6, 6.07) is 20.7. The zero-order valence-corrected chi connectivity index (χ0v) is 14.5. The van der Waals surface area contributed by atoms with Crippen LogP contribution >= 0.6 is 11.3 Å². The molecule has 0 fully saturated rings. The summed E-state index contributed by atoms with van der Waals surface area (Å²) in [4.78, 5) is 12.7. The zero-order chi connectivity index (χ0) is 17.9. The Balaban J connectivity index is 1.70. The highest BCUT2D eigenvalue weighted by molar-refractivity contribution is 7.21. The Kier molecular flexibility index (Phi) is 4.29. The topological polar surface area (TPSA) is 62.5 Å². The first-order chi connectivity index (χ1) is 12.7. The monoisotopic (exact) mass is 361 g/mol. The van der Waals surface area contributed by atoms with Crippen LogP contribution in [0.4, 0.5) is 0 Å². The minimum absolute atomic E-state index is 0.0105. The van der Waals surface area contributed by atoms with Crippen molar-refractivity contribution in [1.29, 1.82) is 0 Å². The molecule has 4 aromatic rings. The number of thiophene rings is 1. The number of hydrogen-bond acceptors (Lipinski definition) is 4. The Morgan fingerprint density at radius 1 is 1.00 bits per heavy atom. The average molecular weight is 361 g/mol. The Bertz CT molecular complexity index is 1080. The fraction of sp³-hybridized carbons (Fsp3) is 0. The van der Waals surface area contributed by atoms with Gasteiger partial charge in [-0.1, -0.05) is 59.9 Å². The minimum atomic E-state index is -0.361. The number of benzene rings is 2. The summed E-state index contributed by atoms with van der Waals surface area (Å²) in [6.07, 6.45) is 3.20. The number of nitrogens with one attached hydrogen (secondary N) is 1. The van der Waals surface area contributed by atoms with Gasteiger partial charge in [-0.3, -0.25) is 4.79 Å². The molecule has 1 amide bonds. The highest BCUT2D eigenvalue weighted by Crippen LogP contribution is 2.36. The molecule has 0 radical (unpaired) electrons. The molecule has 2 aromatic heterocycles. The lowest BCUT2D eigenvalue weighted by Gasteiger charge is -2.06. The summed E-state index contributed by atoms with van der Waals surface area (Å²) in [5.74, 6) is 0.288. The fourth-order valence-corrected chi connectivity index (χ4v) is 3.75. The van der Waals surface area contributed by atoms with Gasteiger partial charge in [0, 0.05) is 21.9 Å². The number of fused-ring (bicyclic) bond motifs is 1. The van der Waals surface area contributed by atoms with Gasteiger partial charge in [0.25, 0.3) is 5.91 Å². The normalized spacial score (nSPS) is 11.6. The van der Waals surface area contributed by atoms with Gasteiger partial charge in [-0.15, -0.1) is 0 Å². The van der Waals surface area contributed by atoms with Crippen LogP contribution in [0.2, 0.25) is 0 Å². The Morgan fingerprint density at radius 3 is 2.54 bits per heavy atom.